The number of aryl methyl sites for hydroxylation is 1. The minimum Gasteiger partial charge on any atom is -0.272 e. The van der Waals surface area contributed by atoms with E-state index in [0.717, 1.165) is 29.8 Å². The molecule has 4 rings (SSSR count). The second-order valence-electron chi connectivity index (χ2n) is 6.10. The molecule has 1 saturated carbocycles. The first-order chi connectivity index (χ1) is 11.2. The number of hydrogen-bond donors (Lipinski definition) is 0. The van der Waals surface area contributed by atoms with Gasteiger partial charge < -0.3 is 0 Å². The highest BCUT2D eigenvalue weighted by Crippen LogP contribution is 2.36. The Morgan fingerprint density at radius 2 is 2.09 bits per heavy atom. The third-order valence-corrected chi connectivity index (χ3v) is 4.12. The van der Waals surface area contributed by atoms with Gasteiger partial charge in [0.15, 0.2) is 5.82 Å². The van der Waals surface area contributed by atoms with Gasteiger partial charge in [0.25, 0.3) is 0 Å². The highest BCUT2D eigenvalue weighted by Gasteiger charge is 2.30. The molecule has 1 aliphatic rings. The normalized spacial score (nSPS) is 14.1. The lowest BCUT2D eigenvalue weighted by Crippen LogP contribution is -2.25. The highest BCUT2D eigenvalue weighted by atomic mass is 16.2. The van der Waals surface area contributed by atoms with Crippen molar-refractivity contribution in [2.75, 3.05) is 0 Å². The van der Waals surface area contributed by atoms with Crippen LogP contribution in [0.5, 0.6) is 0 Å². The molecule has 23 heavy (non-hydrogen) atoms. The van der Waals surface area contributed by atoms with Crippen molar-refractivity contribution >= 4 is 0 Å². The van der Waals surface area contributed by atoms with Crippen molar-refractivity contribution in [2.45, 2.75) is 32.4 Å². The lowest BCUT2D eigenvalue weighted by Gasteiger charge is -2.02. The molecule has 0 spiro atoms. The summed E-state index contributed by atoms with van der Waals surface area (Å²) in [5.41, 5.74) is 3.13. The van der Waals surface area contributed by atoms with E-state index in [-0.39, 0.29) is 11.7 Å². The van der Waals surface area contributed by atoms with Crippen LogP contribution >= 0.6 is 0 Å². The summed E-state index contributed by atoms with van der Waals surface area (Å²) < 4.78 is 3.39. The summed E-state index contributed by atoms with van der Waals surface area (Å²) in [5.74, 6) is 0.721. The van der Waals surface area contributed by atoms with Gasteiger partial charge in [-0.2, -0.15) is 0 Å². The first kappa shape index (κ1) is 13.9. The SMILES string of the molecule is Cc1cccc(Cn2nc(-c3cccnc3)n(C3CC3)c2=O)c1. The smallest absolute Gasteiger partial charge is 0.272 e. The molecular weight excluding hydrogens is 288 g/mol. The van der Waals surface area contributed by atoms with Crippen molar-refractivity contribution in [3.63, 3.8) is 0 Å². The van der Waals surface area contributed by atoms with E-state index in [0.29, 0.717) is 6.54 Å². The maximum atomic E-state index is 12.8. The molecule has 0 N–H and O–H groups in total. The van der Waals surface area contributed by atoms with Crippen molar-refractivity contribution in [3.05, 3.63) is 70.4 Å². The summed E-state index contributed by atoms with van der Waals surface area (Å²) in [6.45, 7) is 2.55. The third kappa shape index (κ3) is 2.70. The van der Waals surface area contributed by atoms with Crippen molar-refractivity contribution in [1.82, 2.24) is 19.3 Å². The van der Waals surface area contributed by atoms with Crippen LogP contribution in [0, 0.1) is 6.92 Å². The summed E-state index contributed by atoms with van der Waals surface area (Å²) >= 11 is 0. The Morgan fingerprint density at radius 3 is 2.78 bits per heavy atom. The van der Waals surface area contributed by atoms with Gasteiger partial charge in [-0.1, -0.05) is 29.8 Å². The summed E-state index contributed by atoms with van der Waals surface area (Å²) in [7, 11) is 0. The summed E-state index contributed by atoms with van der Waals surface area (Å²) in [6, 6.07) is 12.3. The monoisotopic (exact) mass is 306 g/mol. The lowest BCUT2D eigenvalue weighted by molar-refractivity contribution is 0.625. The molecule has 2 aromatic heterocycles. The molecule has 0 unspecified atom stereocenters. The molecule has 0 aliphatic heterocycles. The summed E-state index contributed by atoms with van der Waals surface area (Å²) in [5, 5.41) is 4.59. The molecule has 3 aromatic rings. The van der Waals surface area contributed by atoms with Crippen LogP contribution in [0.1, 0.15) is 30.0 Å². The van der Waals surface area contributed by atoms with Crippen molar-refractivity contribution < 1.29 is 0 Å². The molecule has 5 nitrogen and oxygen atoms in total. The van der Waals surface area contributed by atoms with E-state index in [1.165, 1.54) is 5.56 Å². The van der Waals surface area contributed by atoms with Crippen LogP contribution in [0.4, 0.5) is 0 Å². The highest BCUT2D eigenvalue weighted by molar-refractivity contribution is 5.53. The van der Waals surface area contributed by atoms with Gasteiger partial charge in [0.2, 0.25) is 0 Å². The van der Waals surface area contributed by atoms with E-state index in [2.05, 4.69) is 29.1 Å². The van der Waals surface area contributed by atoms with Gasteiger partial charge in [-0.15, -0.1) is 5.10 Å². The molecule has 0 amide bonds. The number of nitrogens with zero attached hydrogens (tertiary/aromatic N) is 4. The van der Waals surface area contributed by atoms with Crippen LogP contribution in [-0.4, -0.2) is 19.3 Å². The fourth-order valence-corrected chi connectivity index (χ4v) is 2.86. The van der Waals surface area contributed by atoms with E-state index >= 15 is 0 Å². The number of benzene rings is 1. The Bertz CT molecular complexity index is 891. The van der Waals surface area contributed by atoms with Gasteiger partial charge in [0.05, 0.1) is 6.54 Å². The fraction of sp³-hybridized carbons (Fsp3) is 0.278. The van der Waals surface area contributed by atoms with E-state index < -0.39 is 0 Å². The quantitative estimate of drug-likeness (QED) is 0.745. The molecule has 5 heteroatoms. The first-order valence-corrected chi connectivity index (χ1v) is 7.87. The minimum atomic E-state index is -0.0344. The van der Waals surface area contributed by atoms with Crippen LogP contribution in [0.15, 0.2) is 53.6 Å². The van der Waals surface area contributed by atoms with Gasteiger partial charge in [0.1, 0.15) is 0 Å². The van der Waals surface area contributed by atoms with Crippen LogP contribution in [0.2, 0.25) is 0 Å². The van der Waals surface area contributed by atoms with E-state index in [4.69, 9.17) is 0 Å². The third-order valence-electron chi connectivity index (χ3n) is 4.12. The number of aromatic nitrogens is 4. The maximum absolute atomic E-state index is 12.8. The molecule has 0 radical (unpaired) electrons. The zero-order valence-electron chi connectivity index (χ0n) is 13.0. The standard InChI is InChI=1S/C18H18N4O/c1-13-4-2-5-14(10-13)12-21-18(23)22(16-7-8-16)17(20-21)15-6-3-9-19-11-15/h2-6,9-11,16H,7-8,12H2,1H3. The number of rotatable bonds is 4. The van der Waals surface area contributed by atoms with Crippen molar-refractivity contribution in [2.24, 2.45) is 0 Å². The second-order valence-corrected chi connectivity index (χ2v) is 6.10. The van der Waals surface area contributed by atoms with E-state index in [9.17, 15) is 4.79 Å². The van der Waals surface area contributed by atoms with E-state index in [1.807, 2.05) is 28.8 Å². The zero-order chi connectivity index (χ0) is 15.8. The van der Waals surface area contributed by atoms with Crippen LogP contribution in [0.25, 0.3) is 11.4 Å². The Labute approximate surface area is 134 Å². The van der Waals surface area contributed by atoms with Gasteiger partial charge in [-0.25, -0.2) is 9.48 Å². The second kappa shape index (κ2) is 5.50. The van der Waals surface area contributed by atoms with Crippen LogP contribution in [0.3, 0.4) is 0 Å². The number of hydrogen-bond acceptors (Lipinski definition) is 3. The first-order valence-electron chi connectivity index (χ1n) is 7.87. The average Bonchev–Trinajstić information content (AvgIpc) is 3.34. The zero-order valence-corrected chi connectivity index (χ0v) is 13.0. The van der Waals surface area contributed by atoms with Gasteiger partial charge >= 0.3 is 5.69 Å². The van der Waals surface area contributed by atoms with E-state index in [1.54, 1.807) is 17.1 Å². The topological polar surface area (TPSA) is 52.7 Å². The Balaban J connectivity index is 1.78. The van der Waals surface area contributed by atoms with Crippen molar-refractivity contribution in [3.8, 4) is 11.4 Å². The Hall–Kier alpha value is -2.69. The van der Waals surface area contributed by atoms with Crippen molar-refractivity contribution in [1.29, 1.82) is 0 Å². The number of pyridine rings is 1. The summed E-state index contributed by atoms with van der Waals surface area (Å²) in [6.07, 6.45) is 5.58. The lowest BCUT2D eigenvalue weighted by atomic mass is 10.1. The predicted octanol–water partition coefficient (Wildman–Crippen LogP) is 2.80. The van der Waals surface area contributed by atoms with Crippen LogP contribution in [-0.2, 0) is 6.54 Å². The predicted molar refractivity (Wildman–Crippen MR) is 88.3 cm³/mol. The van der Waals surface area contributed by atoms with Crippen LogP contribution < -0.4 is 5.69 Å². The molecule has 1 fully saturated rings. The molecule has 2 heterocycles. The van der Waals surface area contributed by atoms with Gasteiger partial charge in [-0.3, -0.25) is 9.55 Å². The molecule has 0 atom stereocenters. The summed E-state index contributed by atoms with van der Waals surface area (Å²) in [4.78, 5) is 16.9. The molecule has 116 valence electrons. The molecule has 0 saturated heterocycles. The molecule has 1 aromatic carbocycles. The molecular formula is C18H18N4O. The van der Waals surface area contributed by atoms with Gasteiger partial charge in [-0.05, 0) is 37.5 Å². The Kier molecular flexibility index (Phi) is 3.33. The Morgan fingerprint density at radius 1 is 1.22 bits per heavy atom. The molecule has 0 bridgehead atoms. The van der Waals surface area contributed by atoms with Gasteiger partial charge in [0, 0.05) is 24.0 Å². The molecule has 1 aliphatic carbocycles. The maximum Gasteiger partial charge on any atom is 0.346 e. The fourth-order valence-electron chi connectivity index (χ4n) is 2.86. The largest absolute Gasteiger partial charge is 0.346 e. The average molecular weight is 306 g/mol. The minimum absolute atomic E-state index is 0.0344.